The Labute approximate surface area is 116 Å². The molecule has 0 fully saturated rings. The third-order valence-electron chi connectivity index (χ3n) is 3.76. The van der Waals surface area contributed by atoms with E-state index in [0.29, 0.717) is 6.54 Å². The fourth-order valence-electron chi connectivity index (χ4n) is 2.28. The molecule has 1 amide bonds. The van der Waals surface area contributed by atoms with E-state index in [9.17, 15) is 4.79 Å². The van der Waals surface area contributed by atoms with Crippen LogP contribution in [0, 0.1) is 19.8 Å². The molecule has 0 aromatic heterocycles. The van der Waals surface area contributed by atoms with Crippen LogP contribution in [0.5, 0.6) is 0 Å². The molecule has 0 bridgehead atoms. The smallest absolute Gasteiger partial charge is 0.227 e. The van der Waals surface area contributed by atoms with Gasteiger partial charge < -0.3 is 10.6 Å². The number of rotatable bonds is 6. The fourth-order valence-corrected chi connectivity index (χ4v) is 2.28. The average molecular weight is 262 g/mol. The Hall–Kier alpha value is -1.35. The van der Waals surface area contributed by atoms with Gasteiger partial charge in [-0.3, -0.25) is 4.79 Å². The summed E-state index contributed by atoms with van der Waals surface area (Å²) in [5.74, 6) is 0.0627. The second kappa shape index (κ2) is 7.29. The van der Waals surface area contributed by atoms with Crippen LogP contribution in [0.1, 0.15) is 30.5 Å². The number of nitrogens with zero attached hydrogens (tertiary/aromatic N) is 1. The van der Waals surface area contributed by atoms with Crippen molar-refractivity contribution in [1.29, 1.82) is 0 Å². The van der Waals surface area contributed by atoms with E-state index in [1.165, 1.54) is 16.7 Å². The first kappa shape index (κ1) is 15.7. The van der Waals surface area contributed by atoms with Gasteiger partial charge in [0.2, 0.25) is 5.91 Å². The molecule has 19 heavy (non-hydrogen) atoms. The van der Waals surface area contributed by atoms with Gasteiger partial charge in [0.15, 0.2) is 0 Å². The van der Waals surface area contributed by atoms with Gasteiger partial charge in [0, 0.05) is 19.6 Å². The number of hydrogen-bond acceptors (Lipinski definition) is 2. The van der Waals surface area contributed by atoms with Crippen LogP contribution in [0.15, 0.2) is 18.2 Å². The molecular formula is C16H26N2O. The molecule has 0 aliphatic carbocycles. The summed E-state index contributed by atoms with van der Waals surface area (Å²) >= 11 is 0. The van der Waals surface area contributed by atoms with Gasteiger partial charge in [-0.15, -0.1) is 0 Å². The van der Waals surface area contributed by atoms with Gasteiger partial charge in [-0.2, -0.15) is 0 Å². The molecular weight excluding hydrogens is 236 g/mol. The molecule has 1 unspecified atom stereocenters. The Balaban J connectivity index is 2.81. The molecule has 3 nitrogen and oxygen atoms in total. The van der Waals surface area contributed by atoms with E-state index >= 15 is 0 Å². The number of hydrogen-bond donors (Lipinski definition) is 1. The van der Waals surface area contributed by atoms with Gasteiger partial charge >= 0.3 is 0 Å². The number of carbonyl (C=O) groups excluding carboxylic acids is 1. The molecule has 0 aliphatic heterocycles. The monoisotopic (exact) mass is 262 g/mol. The quantitative estimate of drug-likeness (QED) is 0.855. The second-order valence-corrected chi connectivity index (χ2v) is 5.07. The second-order valence-electron chi connectivity index (χ2n) is 5.07. The van der Waals surface area contributed by atoms with Crippen molar-refractivity contribution in [2.75, 3.05) is 19.6 Å². The number of aryl methyl sites for hydroxylation is 2. The molecule has 1 aromatic rings. The molecule has 0 heterocycles. The highest BCUT2D eigenvalue weighted by Gasteiger charge is 2.21. The Morgan fingerprint density at radius 2 is 1.84 bits per heavy atom. The zero-order chi connectivity index (χ0) is 14.4. The topological polar surface area (TPSA) is 46.3 Å². The minimum absolute atomic E-state index is 0.109. The van der Waals surface area contributed by atoms with Gasteiger partial charge in [0.1, 0.15) is 0 Å². The van der Waals surface area contributed by atoms with E-state index in [2.05, 4.69) is 32.0 Å². The average Bonchev–Trinajstić information content (AvgIpc) is 2.41. The number of benzene rings is 1. The normalized spacial score (nSPS) is 12.3. The van der Waals surface area contributed by atoms with Crippen LogP contribution < -0.4 is 5.73 Å². The SMILES string of the molecule is CCN(CC)C(=O)C(CN)Cc1ccc(C)c(C)c1. The lowest BCUT2D eigenvalue weighted by atomic mass is 9.95. The minimum Gasteiger partial charge on any atom is -0.343 e. The summed E-state index contributed by atoms with van der Waals surface area (Å²) in [6.07, 6.45) is 0.729. The lowest BCUT2D eigenvalue weighted by Crippen LogP contribution is -2.39. The molecule has 0 radical (unpaired) electrons. The minimum atomic E-state index is -0.109. The first-order chi connectivity index (χ1) is 9.03. The Bertz CT molecular complexity index is 425. The van der Waals surface area contributed by atoms with E-state index in [0.717, 1.165) is 19.5 Å². The highest BCUT2D eigenvalue weighted by molar-refractivity contribution is 5.79. The predicted octanol–water partition coefficient (Wildman–Crippen LogP) is 2.29. The third-order valence-corrected chi connectivity index (χ3v) is 3.76. The van der Waals surface area contributed by atoms with Gasteiger partial charge in [-0.05, 0) is 50.8 Å². The van der Waals surface area contributed by atoms with Crippen LogP contribution in [0.3, 0.4) is 0 Å². The number of carbonyl (C=O) groups is 1. The van der Waals surface area contributed by atoms with Gasteiger partial charge in [-0.25, -0.2) is 0 Å². The van der Waals surface area contributed by atoms with Crippen molar-refractivity contribution in [2.45, 2.75) is 34.1 Å². The first-order valence-corrected chi connectivity index (χ1v) is 7.08. The highest BCUT2D eigenvalue weighted by Crippen LogP contribution is 2.15. The maximum absolute atomic E-state index is 12.3. The molecule has 0 spiro atoms. The summed E-state index contributed by atoms with van der Waals surface area (Å²) < 4.78 is 0. The third kappa shape index (κ3) is 4.06. The van der Waals surface area contributed by atoms with Crippen LogP contribution in [-0.2, 0) is 11.2 Å². The van der Waals surface area contributed by atoms with E-state index < -0.39 is 0 Å². The van der Waals surface area contributed by atoms with Crippen molar-refractivity contribution in [3.8, 4) is 0 Å². The Morgan fingerprint density at radius 3 is 2.32 bits per heavy atom. The lowest BCUT2D eigenvalue weighted by Gasteiger charge is -2.24. The van der Waals surface area contributed by atoms with Crippen molar-refractivity contribution in [3.05, 3.63) is 34.9 Å². The molecule has 2 N–H and O–H groups in total. The molecule has 1 atom stereocenters. The largest absolute Gasteiger partial charge is 0.343 e. The standard InChI is InChI=1S/C16H26N2O/c1-5-18(6-2)16(19)15(11-17)10-14-8-7-12(3)13(4)9-14/h7-9,15H,5-6,10-11,17H2,1-4H3. The molecule has 0 aliphatic rings. The van der Waals surface area contributed by atoms with Crippen molar-refractivity contribution in [1.82, 2.24) is 4.90 Å². The van der Waals surface area contributed by atoms with E-state index in [1.54, 1.807) is 0 Å². The summed E-state index contributed by atoms with van der Waals surface area (Å²) in [5.41, 5.74) is 9.53. The Kier molecular flexibility index (Phi) is 6.03. The Morgan fingerprint density at radius 1 is 1.21 bits per heavy atom. The van der Waals surface area contributed by atoms with E-state index in [4.69, 9.17) is 5.73 Å². The van der Waals surface area contributed by atoms with Crippen molar-refractivity contribution in [3.63, 3.8) is 0 Å². The maximum atomic E-state index is 12.3. The van der Waals surface area contributed by atoms with Crippen LogP contribution >= 0.6 is 0 Å². The van der Waals surface area contributed by atoms with E-state index in [-0.39, 0.29) is 11.8 Å². The van der Waals surface area contributed by atoms with Crippen LogP contribution in [-0.4, -0.2) is 30.4 Å². The zero-order valence-corrected chi connectivity index (χ0v) is 12.6. The number of amides is 1. The number of nitrogens with two attached hydrogens (primary N) is 1. The zero-order valence-electron chi connectivity index (χ0n) is 12.6. The predicted molar refractivity (Wildman–Crippen MR) is 80.1 cm³/mol. The summed E-state index contributed by atoms with van der Waals surface area (Å²) in [7, 11) is 0. The summed E-state index contributed by atoms with van der Waals surface area (Å²) in [6, 6.07) is 6.37. The van der Waals surface area contributed by atoms with Crippen molar-refractivity contribution < 1.29 is 4.79 Å². The molecule has 1 rings (SSSR count). The van der Waals surface area contributed by atoms with Gasteiger partial charge in [-0.1, -0.05) is 18.2 Å². The van der Waals surface area contributed by atoms with Crippen LogP contribution in [0.2, 0.25) is 0 Å². The van der Waals surface area contributed by atoms with Gasteiger partial charge in [0.05, 0.1) is 5.92 Å². The van der Waals surface area contributed by atoms with Crippen LogP contribution in [0.25, 0.3) is 0 Å². The van der Waals surface area contributed by atoms with E-state index in [1.807, 2.05) is 18.7 Å². The molecule has 0 saturated carbocycles. The molecule has 0 saturated heterocycles. The summed E-state index contributed by atoms with van der Waals surface area (Å²) in [4.78, 5) is 14.2. The lowest BCUT2D eigenvalue weighted by molar-refractivity contribution is -0.134. The molecule has 1 aromatic carbocycles. The summed E-state index contributed by atoms with van der Waals surface area (Å²) in [5, 5.41) is 0. The van der Waals surface area contributed by atoms with Gasteiger partial charge in [0.25, 0.3) is 0 Å². The highest BCUT2D eigenvalue weighted by atomic mass is 16.2. The first-order valence-electron chi connectivity index (χ1n) is 7.08. The van der Waals surface area contributed by atoms with Crippen molar-refractivity contribution in [2.24, 2.45) is 11.7 Å². The fraction of sp³-hybridized carbons (Fsp3) is 0.562. The maximum Gasteiger partial charge on any atom is 0.227 e. The summed E-state index contributed by atoms with van der Waals surface area (Å²) in [6.45, 7) is 10.1. The van der Waals surface area contributed by atoms with Crippen molar-refractivity contribution >= 4 is 5.91 Å². The molecule has 3 heteroatoms. The van der Waals surface area contributed by atoms with Crippen LogP contribution in [0.4, 0.5) is 0 Å². The molecule has 106 valence electrons.